The Bertz CT molecular complexity index is 1130. The lowest BCUT2D eigenvalue weighted by molar-refractivity contribution is -0.356. The Balaban J connectivity index is 2.66. The van der Waals surface area contributed by atoms with Crippen LogP contribution in [0.4, 0.5) is 45.2 Å². The van der Waals surface area contributed by atoms with E-state index in [4.69, 9.17) is 0 Å². The van der Waals surface area contributed by atoms with Gasteiger partial charge < -0.3 is 9.29 Å². The van der Waals surface area contributed by atoms with Gasteiger partial charge in [0.1, 0.15) is 0 Å². The second kappa shape index (κ2) is 8.26. The number of amides is 2. The van der Waals surface area contributed by atoms with Gasteiger partial charge in [-0.05, 0) is 18.2 Å². The summed E-state index contributed by atoms with van der Waals surface area (Å²) in [6.45, 7) is 0. The third-order valence-corrected chi connectivity index (χ3v) is 4.92. The first-order valence-electron chi connectivity index (χ1n) is 8.18. The summed E-state index contributed by atoms with van der Waals surface area (Å²) >= 11 is 0. The van der Waals surface area contributed by atoms with Crippen LogP contribution in [-0.4, -0.2) is 54.5 Å². The fourth-order valence-electron chi connectivity index (χ4n) is 2.67. The molecule has 2 amide bonds. The van der Waals surface area contributed by atoms with Crippen molar-refractivity contribution in [2.24, 2.45) is 0 Å². The van der Waals surface area contributed by atoms with Gasteiger partial charge in [0.25, 0.3) is 11.8 Å². The van der Waals surface area contributed by atoms with E-state index < -0.39 is 74.6 Å². The Kier molecular flexibility index (Phi) is 6.58. The Morgan fingerprint density at radius 3 is 1.76 bits per heavy atom. The lowest BCUT2D eigenvalue weighted by Crippen LogP contribution is -2.63. The van der Waals surface area contributed by atoms with Crippen LogP contribution in [0.1, 0.15) is 15.9 Å². The molecule has 1 aromatic carbocycles. The van der Waals surface area contributed by atoms with Crippen LogP contribution in [-0.2, 0) is 30.6 Å². The van der Waals surface area contributed by atoms with Crippen molar-refractivity contribution in [3.63, 3.8) is 0 Å². The number of anilines is 1. The Hall–Kier alpha value is -3.15. The normalized spacial score (nSPS) is 15.8. The first-order valence-corrected chi connectivity index (χ1v) is 9.76. The first-order chi connectivity index (χ1) is 15.1. The van der Waals surface area contributed by atoms with Gasteiger partial charge in [-0.2, -0.15) is 39.5 Å². The van der Waals surface area contributed by atoms with Gasteiger partial charge >= 0.3 is 30.1 Å². The van der Waals surface area contributed by atoms with Crippen LogP contribution < -0.4 is 4.90 Å². The number of carbonyl (C=O) groups is 3. The van der Waals surface area contributed by atoms with E-state index in [1.54, 1.807) is 0 Å². The topological polar surface area (TPSA) is 121 Å². The van der Waals surface area contributed by atoms with Crippen LogP contribution in [0.25, 0.3) is 0 Å². The maximum atomic E-state index is 13.4. The lowest BCUT2D eigenvalue weighted by atomic mass is 10.0. The summed E-state index contributed by atoms with van der Waals surface area (Å²) < 4.78 is 155. The molecule has 0 spiro atoms. The molecule has 0 saturated carbocycles. The molecule has 0 unspecified atom stereocenters. The molecular weight excluding hydrogens is 521 g/mol. The van der Waals surface area contributed by atoms with Gasteiger partial charge in [-0.1, -0.05) is 0 Å². The molecule has 1 aliphatic heterocycles. The Morgan fingerprint density at radius 2 is 1.38 bits per heavy atom. The highest BCUT2D eigenvalue weighted by Crippen LogP contribution is 2.47. The van der Waals surface area contributed by atoms with Gasteiger partial charge in [0, 0.05) is 12.2 Å². The third kappa shape index (κ3) is 5.16. The predicted molar refractivity (Wildman–Crippen MR) is 87.9 cm³/mol. The summed E-state index contributed by atoms with van der Waals surface area (Å²) in [4.78, 5) is 35.5. The lowest BCUT2D eigenvalue weighted by Gasteiger charge is -2.37. The van der Waals surface area contributed by atoms with E-state index in [1.807, 2.05) is 0 Å². The minimum Gasteiger partial charge on any atom is -0.748 e. The fourth-order valence-corrected chi connectivity index (χ4v) is 3.55. The molecule has 0 saturated heterocycles. The number of halogens is 9. The second-order valence-electron chi connectivity index (χ2n) is 6.49. The van der Waals surface area contributed by atoms with Crippen molar-refractivity contribution in [3.8, 4) is 0 Å². The van der Waals surface area contributed by atoms with Gasteiger partial charge in [-0.25, -0.2) is 18.1 Å². The van der Waals surface area contributed by atoms with E-state index in [9.17, 15) is 66.9 Å². The van der Waals surface area contributed by atoms with Crippen LogP contribution >= 0.6 is 0 Å². The van der Waals surface area contributed by atoms with E-state index in [0.717, 1.165) is 0 Å². The van der Waals surface area contributed by atoms with Crippen LogP contribution in [0.5, 0.6) is 0 Å². The van der Waals surface area contributed by atoms with Crippen molar-refractivity contribution >= 4 is 33.6 Å². The molecular formula is C16H7F9NO7S-. The SMILES string of the molecule is O=C(OC(CS(=O)(=O)[O-])(C(F)(F)F)C(F)(F)F)c1ccc(N2C(=O)C=CC2=O)cc1C(F)(F)F. The maximum Gasteiger partial charge on any atom is 0.438 e. The van der Waals surface area contributed by atoms with Gasteiger partial charge in [0.05, 0.1) is 32.7 Å². The molecule has 1 aromatic rings. The molecule has 18 heteroatoms. The number of imide groups is 1. The molecule has 1 heterocycles. The average Bonchev–Trinajstić information content (AvgIpc) is 2.95. The minimum absolute atomic E-state index is 0.00255. The van der Waals surface area contributed by atoms with Crippen LogP contribution in [0.2, 0.25) is 0 Å². The van der Waals surface area contributed by atoms with Gasteiger partial charge in [0.15, 0.2) is 0 Å². The number of alkyl halides is 9. The molecule has 0 atom stereocenters. The summed E-state index contributed by atoms with van der Waals surface area (Å²) in [6, 6.07) is 0.303. The standard InChI is InChI=1S/C16H8F9NO7S/c17-14(18,19)9-5-7(26-10(27)3-4-11(26)28)1-2-8(9)12(29)33-13(15(20,21)22,16(23,24)25)6-34(30,31)32/h1-5H,6H2,(H,30,31,32)/p-1. The number of carbonyl (C=O) groups excluding carboxylic acids is 3. The largest absolute Gasteiger partial charge is 0.748 e. The average molecular weight is 528 g/mol. The van der Waals surface area contributed by atoms with E-state index >= 15 is 0 Å². The molecule has 0 fully saturated rings. The molecule has 188 valence electrons. The van der Waals surface area contributed by atoms with Crippen LogP contribution in [0.3, 0.4) is 0 Å². The van der Waals surface area contributed by atoms with E-state index in [2.05, 4.69) is 4.74 Å². The molecule has 1 aliphatic rings. The Morgan fingerprint density at radius 1 is 0.912 bits per heavy atom. The van der Waals surface area contributed by atoms with Crippen molar-refractivity contribution in [2.75, 3.05) is 10.7 Å². The number of nitrogens with zero attached hydrogens (tertiary/aromatic N) is 1. The number of esters is 1. The number of rotatable bonds is 5. The van der Waals surface area contributed by atoms with Crippen molar-refractivity contribution in [1.82, 2.24) is 0 Å². The summed E-state index contributed by atoms with van der Waals surface area (Å²) in [5, 5.41) is 0. The number of hydrogen-bond acceptors (Lipinski definition) is 7. The maximum absolute atomic E-state index is 13.4. The highest BCUT2D eigenvalue weighted by Gasteiger charge is 2.75. The number of hydrogen-bond donors (Lipinski definition) is 0. The van der Waals surface area contributed by atoms with E-state index in [1.165, 1.54) is 0 Å². The van der Waals surface area contributed by atoms with E-state index in [0.29, 0.717) is 18.2 Å². The number of benzene rings is 1. The van der Waals surface area contributed by atoms with Crippen molar-refractivity contribution in [1.29, 1.82) is 0 Å². The van der Waals surface area contributed by atoms with Crippen molar-refractivity contribution in [2.45, 2.75) is 24.1 Å². The summed E-state index contributed by atoms with van der Waals surface area (Å²) in [5.41, 5.74) is -11.1. The molecule has 8 nitrogen and oxygen atoms in total. The van der Waals surface area contributed by atoms with Gasteiger partial charge in [-0.15, -0.1) is 0 Å². The van der Waals surface area contributed by atoms with Crippen molar-refractivity contribution in [3.05, 3.63) is 41.5 Å². The predicted octanol–water partition coefficient (Wildman–Crippen LogP) is 2.70. The summed E-state index contributed by atoms with van der Waals surface area (Å²) in [5.74, 6) is -8.67. The highest BCUT2D eigenvalue weighted by molar-refractivity contribution is 7.85. The van der Waals surface area contributed by atoms with Crippen molar-refractivity contribution < 1.29 is 71.6 Å². The molecule has 0 radical (unpaired) electrons. The molecule has 0 aliphatic carbocycles. The molecule has 34 heavy (non-hydrogen) atoms. The van der Waals surface area contributed by atoms with Crippen LogP contribution in [0, 0.1) is 0 Å². The van der Waals surface area contributed by atoms with Gasteiger partial charge in [-0.3, -0.25) is 9.59 Å². The van der Waals surface area contributed by atoms with Crippen LogP contribution in [0.15, 0.2) is 30.4 Å². The zero-order valence-corrected chi connectivity index (χ0v) is 16.5. The minimum atomic E-state index is -6.81. The fraction of sp³-hybridized carbons (Fsp3) is 0.312. The monoisotopic (exact) mass is 528 g/mol. The molecule has 0 N–H and O–H groups in total. The Labute approximate surface area is 182 Å². The highest BCUT2D eigenvalue weighted by atomic mass is 32.2. The molecule has 0 aromatic heterocycles. The first kappa shape index (κ1) is 27.1. The number of ether oxygens (including phenoxy) is 1. The second-order valence-corrected chi connectivity index (χ2v) is 7.89. The summed E-state index contributed by atoms with van der Waals surface area (Å²) in [7, 11) is -6.42. The zero-order valence-electron chi connectivity index (χ0n) is 15.7. The quantitative estimate of drug-likeness (QED) is 0.249. The van der Waals surface area contributed by atoms with E-state index in [-0.39, 0.29) is 17.0 Å². The molecule has 0 bridgehead atoms. The third-order valence-electron chi connectivity index (χ3n) is 4.16. The zero-order chi connectivity index (χ0) is 26.5. The smallest absolute Gasteiger partial charge is 0.438 e. The summed E-state index contributed by atoms with van der Waals surface area (Å²) in [6.07, 6.45) is -18.0. The molecule has 2 rings (SSSR count). The van der Waals surface area contributed by atoms with Gasteiger partial charge in [0.2, 0.25) is 0 Å².